The first-order valence-corrected chi connectivity index (χ1v) is 6.87. The van der Waals surface area contributed by atoms with Gasteiger partial charge in [0.15, 0.2) is 0 Å². The molecule has 3 N–H and O–H groups in total. The highest BCUT2D eigenvalue weighted by Gasteiger charge is 2.18. The van der Waals surface area contributed by atoms with Crippen LogP contribution in [0.25, 0.3) is 0 Å². The zero-order chi connectivity index (χ0) is 14.5. The Morgan fingerprint density at radius 2 is 1.95 bits per heavy atom. The zero-order valence-electron chi connectivity index (χ0n) is 12.5. The molecule has 0 heterocycles. The zero-order valence-corrected chi connectivity index (χ0v) is 12.5. The monoisotopic (exact) mass is 262 g/mol. The number of unbranched alkanes of at least 4 members (excludes halogenated alkanes) is 1. The van der Waals surface area contributed by atoms with Gasteiger partial charge in [-0.05, 0) is 36.8 Å². The Hall–Kier alpha value is -1.51. The van der Waals surface area contributed by atoms with Crippen LogP contribution in [0.15, 0.2) is 18.2 Å². The van der Waals surface area contributed by atoms with Gasteiger partial charge in [0, 0.05) is 6.42 Å². The molecule has 3 nitrogen and oxygen atoms in total. The fraction of sp³-hybridized carbons (Fsp3) is 0.562. The number of hydrogen-bond donors (Lipinski definition) is 2. The van der Waals surface area contributed by atoms with Crippen molar-refractivity contribution in [3.8, 4) is 5.75 Å². The highest BCUT2D eigenvalue weighted by molar-refractivity contribution is 5.76. The molecule has 19 heavy (non-hydrogen) atoms. The third-order valence-corrected chi connectivity index (χ3v) is 3.04. The van der Waals surface area contributed by atoms with Crippen molar-refractivity contribution in [1.82, 2.24) is 0 Å². The molecule has 0 fully saturated rings. The number of nitrogens with two attached hydrogens (primary N) is 1. The Morgan fingerprint density at radius 3 is 2.53 bits per heavy atom. The number of rotatable bonds is 6. The lowest BCUT2D eigenvalue weighted by Gasteiger charge is -2.23. The van der Waals surface area contributed by atoms with Crippen molar-refractivity contribution in [1.29, 1.82) is 5.41 Å². The molecule has 0 aliphatic rings. The average molecular weight is 262 g/mol. The van der Waals surface area contributed by atoms with Crippen molar-refractivity contribution in [3.05, 3.63) is 29.3 Å². The van der Waals surface area contributed by atoms with E-state index in [2.05, 4.69) is 45.9 Å². The lowest BCUT2D eigenvalue weighted by Crippen LogP contribution is -2.14. The van der Waals surface area contributed by atoms with Crippen molar-refractivity contribution in [3.63, 3.8) is 0 Å². The molecule has 0 bridgehead atoms. The van der Waals surface area contributed by atoms with E-state index in [1.54, 1.807) is 0 Å². The van der Waals surface area contributed by atoms with Gasteiger partial charge in [-0.1, -0.05) is 38.5 Å². The first-order chi connectivity index (χ1) is 8.80. The van der Waals surface area contributed by atoms with E-state index in [1.165, 1.54) is 11.1 Å². The molecule has 106 valence electrons. The quantitative estimate of drug-likeness (QED) is 0.465. The maximum Gasteiger partial charge on any atom is 0.123 e. The lowest BCUT2D eigenvalue weighted by atomic mass is 9.85. The van der Waals surface area contributed by atoms with Gasteiger partial charge >= 0.3 is 0 Å². The van der Waals surface area contributed by atoms with Crippen LogP contribution in [0.5, 0.6) is 5.75 Å². The Labute approximate surface area is 116 Å². The summed E-state index contributed by atoms with van der Waals surface area (Å²) >= 11 is 0. The van der Waals surface area contributed by atoms with Crippen molar-refractivity contribution >= 4 is 5.84 Å². The summed E-state index contributed by atoms with van der Waals surface area (Å²) < 4.78 is 5.89. The summed E-state index contributed by atoms with van der Waals surface area (Å²) in [5.41, 5.74) is 7.92. The summed E-state index contributed by atoms with van der Waals surface area (Å²) in [6.45, 7) is 9.38. The topological polar surface area (TPSA) is 59.1 Å². The maximum atomic E-state index is 7.17. The molecule has 1 aromatic rings. The standard InChI is InChI=1S/C16H26N2O/c1-12-8-9-14(13(11-12)16(2,3)4)19-10-6-5-7-15(17)18/h8-9,11H,5-7,10H2,1-4H3,(H3,17,18). The highest BCUT2D eigenvalue weighted by atomic mass is 16.5. The molecule has 1 aromatic carbocycles. The van der Waals surface area contributed by atoms with E-state index in [9.17, 15) is 0 Å². The molecule has 0 aromatic heterocycles. The number of benzene rings is 1. The van der Waals surface area contributed by atoms with Crippen LogP contribution in [0.4, 0.5) is 0 Å². The van der Waals surface area contributed by atoms with Crippen molar-refractivity contribution < 1.29 is 4.74 Å². The predicted octanol–water partition coefficient (Wildman–Crippen LogP) is 3.78. The summed E-state index contributed by atoms with van der Waals surface area (Å²) in [7, 11) is 0. The Balaban J connectivity index is 2.61. The van der Waals surface area contributed by atoms with Gasteiger partial charge < -0.3 is 10.5 Å². The minimum Gasteiger partial charge on any atom is -0.493 e. The third kappa shape index (κ3) is 5.33. The lowest BCUT2D eigenvalue weighted by molar-refractivity contribution is 0.299. The van der Waals surface area contributed by atoms with Crippen LogP contribution in [0.2, 0.25) is 0 Å². The van der Waals surface area contributed by atoms with Crippen molar-refractivity contribution in [2.75, 3.05) is 6.61 Å². The van der Waals surface area contributed by atoms with E-state index >= 15 is 0 Å². The molecular formula is C16H26N2O. The van der Waals surface area contributed by atoms with Crippen LogP contribution in [0.3, 0.4) is 0 Å². The Bertz CT molecular complexity index is 433. The molecule has 0 amide bonds. The molecule has 0 radical (unpaired) electrons. The van der Waals surface area contributed by atoms with Crippen molar-refractivity contribution in [2.45, 2.75) is 52.4 Å². The van der Waals surface area contributed by atoms with Gasteiger partial charge in [0.05, 0.1) is 12.4 Å². The molecule has 0 saturated carbocycles. The number of amidine groups is 1. The van der Waals surface area contributed by atoms with Crippen molar-refractivity contribution in [2.24, 2.45) is 5.73 Å². The van der Waals surface area contributed by atoms with E-state index in [0.717, 1.165) is 18.6 Å². The van der Waals surface area contributed by atoms with Gasteiger partial charge in [-0.2, -0.15) is 0 Å². The molecule has 3 heteroatoms. The summed E-state index contributed by atoms with van der Waals surface area (Å²) in [6.07, 6.45) is 2.49. The minimum absolute atomic E-state index is 0.0841. The van der Waals surface area contributed by atoms with Gasteiger partial charge in [0.2, 0.25) is 0 Å². The predicted molar refractivity (Wildman–Crippen MR) is 81.1 cm³/mol. The van der Waals surface area contributed by atoms with Gasteiger partial charge in [-0.3, -0.25) is 5.41 Å². The molecular weight excluding hydrogens is 236 g/mol. The number of hydrogen-bond acceptors (Lipinski definition) is 2. The molecule has 0 aliphatic carbocycles. The maximum absolute atomic E-state index is 7.17. The van der Waals surface area contributed by atoms with Gasteiger partial charge in [0.25, 0.3) is 0 Å². The molecule has 0 saturated heterocycles. The summed E-state index contributed by atoms with van der Waals surface area (Å²) in [4.78, 5) is 0. The smallest absolute Gasteiger partial charge is 0.123 e. The number of ether oxygens (including phenoxy) is 1. The van der Waals surface area contributed by atoms with Crippen LogP contribution in [-0.4, -0.2) is 12.4 Å². The third-order valence-electron chi connectivity index (χ3n) is 3.04. The fourth-order valence-corrected chi connectivity index (χ4v) is 1.96. The molecule has 0 aliphatic heterocycles. The van der Waals surface area contributed by atoms with E-state index < -0.39 is 0 Å². The molecule has 1 rings (SSSR count). The second kappa shape index (κ2) is 6.60. The largest absolute Gasteiger partial charge is 0.493 e. The first kappa shape index (κ1) is 15.5. The molecule has 0 unspecified atom stereocenters. The second-order valence-corrected chi connectivity index (χ2v) is 6.08. The summed E-state index contributed by atoms with van der Waals surface area (Å²) in [5.74, 6) is 1.23. The number of aryl methyl sites for hydroxylation is 1. The van der Waals surface area contributed by atoms with Crippen LogP contribution in [0.1, 0.15) is 51.2 Å². The SMILES string of the molecule is Cc1ccc(OCCCCC(=N)N)c(C(C)(C)C)c1. The Morgan fingerprint density at radius 1 is 1.26 bits per heavy atom. The number of nitrogens with one attached hydrogen (secondary N) is 1. The van der Waals surface area contributed by atoms with Crippen LogP contribution in [0, 0.1) is 12.3 Å². The Kier molecular flexibility index (Phi) is 5.40. The highest BCUT2D eigenvalue weighted by Crippen LogP contribution is 2.32. The van der Waals surface area contributed by atoms with Crippen LogP contribution in [-0.2, 0) is 5.41 Å². The van der Waals surface area contributed by atoms with E-state index in [-0.39, 0.29) is 11.3 Å². The average Bonchev–Trinajstić information content (AvgIpc) is 2.28. The second-order valence-electron chi connectivity index (χ2n) is 6.08. The van der Waals surface area contributed by atoms with E-state index in [1.807, 2.05) is 0 Å². The molecule has 0 spiro atoms. The molecule has 0 atom stereocenters. The van der Waals surface area contributed by atoms with Crippen LogP contribution < -0.4 is 10.5 Å². The summed E-state index contributed by atoms with van der Waals surface area (Å²) in [6, 6.07) is 6.34. The fourth-order valence-electron chi connectivity index (χ4n) is 1.96. The van der Waals surface area contributed by atoms with Gasteiger partial charge in [0.1, 0.15) is 5.75 Å². The summed E-state index contributed by atoms with van der Waals surface area (Å²) in [5, 5.41) is 7.17. The normalized spacial score (nSPS) is 11.4. The van der Waals surface area contributed by atoms with Gasteiger partial charge in [-0.15, -0.1) is 0 Å². The van der Waals surface area contributed by atoms with E-state index in [0.29, 0.717) is 13.0 Å². The van der Waals surface area contributed by atoms with Gasteiger partial charge in [-0.25, -0.2) is 0 Å². The first-order valence-electron chi connectivity index (χ1n) is 6.87. The minimum atomic E-state index is 0.0841. The van der Waals surface area contributed by atoms with Crippen LogP contribution >= 0.6 is 0 Å². The van der Waals surface area contributed by atoms with E-state index in [4.69, 9.17) is 15.9 Å².